The molecule has 2 saturated heterocycles. The number of phosphoric acid groups is 2. The number of rotatable bonds is 49. The van der Waals surface area contributed by atoms with Gasteiger partial charge >= 0.3 is 15.6 Å². The van der Waals surface area contributed by atoms with Gasteiger partial charge in [0.25, 0.3) is 0 Å². The monoisotopic (exact) mass is 1170 g/mol. The molecule has 2 fully saturated rings. The molecule has 0 radical (unpaired) electrons. The maximum Gasteiger partial charge on any atom is 0.472 e. The van der Waals surface area contributed by atoms with E-state index < -0.39 is 108 Å². The fourth-order valence-electron chi connectivity index (χ4n) is 10.0. The second-order valence-corrected chi connectivity index (χ2v) is 23.8. The quantitative estimate of drug-likeness (QED) is 0.0129. The van der Waals surface area contributed by atoms with Gasteiger partial charge in [0.2, 0.25) is 11.8 Å². The van der Waals surface area contributed by atoms with Crippen LogP contribution in [0.15, 0.2) is 12.2 Å². The van der Waals surface area contributed by atoms with Crippen molar-refractivity contribution in [3.8, 4) is 0 Å². The van der Waals surface area contributed by atoms with Crippen LogP contribution in [0.25, 0.3) is 0 Å². The number of methoxy groups -OCH3 is 2. The number of carbonyl (C=O) groups excluding carboxylic acids is 3. The number of allylic oxidation sites excluding steroid dienone is 2. The first-order chi connectivity index (χ1) is 37.9. The lowest BCUT2D eigenvalue weighted by molar-refractivity contribution is -0.301. The average Bonchev–Trinajstić information content (AvgIpc) is 3.43. The highest BCUT2D eigenvalue weighted by molar-refractivity contribution is 7.46. The molecule has 79 heavy (non-hydrogen) atoms. The Kier molecular flexibility index (Phi) is 40.7. The summed E-state index contributed by atoms with van der Waals surface area (Å²) in [5, 5.41) is 17.5. The molecule has 2 aliphatic heterocycles. The highest BCUT2D eigenvalue weighted by atomic mass is 31.2. The highest BCUT2D eigenvalue weighted by Crippen LogP contribution is 2.44. The third kappa shape index (κ3) is 34.0. The van der Waals surface area contributed by atoms with E-state index in [0.29, 0.717) is 19.3 Å². The predicted molar refractivity (Wildman–Crippen MR) is 301 cm³/mol. The Morgan fingerprint density at radius 1 is 0.544 bits per heavy atom. The average molecular weight is 1170 g/mol. The standard InChI is InChI=1S/C56H106N2O19P2/c1-7-10-13-16-18-20-21-22-23-24-25-26-27-30-33-36-47(60)57-50-54(72-39-37-44(70-6)35-32-29-15-12-9-3)52(76-78(63,64)65)46(41-69-5)75-55(50)73-42-45-51(62)53(71-38-34-31-28-19-17-14-11-8-2)49(58-48(61)40-43(4)59)56(74-45)77-79(66,67)68/h20-21,44-46,49-56,62H,7-19,22-42H2,1-6H3,(H,57,60)(H,58,61)(H2,63,64,65)(H2,66,67,68)/b21-20+/t44-,45-,46-,49-,50-,51-,52-,53-,54-,55-,56-/m1/s1. The molecule has 0 aromatic rings. The van der Waals surface area contributed by atoms with Gasteiger partial charge in [0.15, 0.2) is 12.6 Å². The van der Waals surface area contributed by atoms with Gasteiger partial charge in [0, 0.05) is 33.9 Å². The number of aliphatic hydroxyl groups excluding tert-OH is 1. The summed E-state index contributed by atoms with van der Waals surface area (Å²) in [6, 6.07) is -2.83. The van der Waals surface area contributed by atoms with Gasteiger partial charge in [-0.05, 0) is 58.3 Å². The van der Waals surface area contributed by atoms with Crippen molar-refractivity contribution in [2.24, 2.45) is 0 Å². The zero-order valence-corrected chi connectivity index (χ0v) is 50.7. The van der Waals surface area contributed by atoms with Gasteiger partial charge in [-0.2, -0.15) is 0 Å². The Morgan fingerprint density at radius 3 is 1.59 bits per heavy atom. The molecule has 2 aliphatic rings. The van der Waals surface area contributed by atoms with Crippen LogP contribution in [0.5, 0.6) is 0 Å². The van der Waals surface area contributed by atoms with Gasteiger partial charge in [-0.3, -0.25) is 23.4 Å². The van der Waals surface area contributed by atoms with E-state index in [9.17, 15) is 48.2 Å². The van der Waals surface area contributed by atoms with Crippen LogP contribution in [-0.2, 0) is 65.7 Å². The van der Waals surface area contributed by atoms with Crippen LogP contribution >= 0.6 is 15.6 Å². The number of Topliss-reactive ketones (excluding diaryl/α,β-unsaturated/α-hetero) is 1. The lowest BCUT2D eigenvalue weighted by Crippen LogP contribution is -2.67. The fourth-order valence-corrected chi connectivity index (χ4v) is 11.1. The van der Waals surface area contributed by atoms with Crippen molar-refractivity contribution < 1.29 is 90.4 Å². The molecule has 0 aromatic heterocycles. The molecule has 2 rings (SSSR count). The highest BCUT2D eigenvalue weighted by Gasteiger charge is 2.53. The summed E-state index contributed by atoms with van der Waals surface area (Å²) < 4.78 is 78.2. The van der Waals surface area contributed by atoms with Crippen molar-refractivity contribution in [1.29, 1.82) is 0 Å². The predicted octanol–water partition coefficient (Wildman–Crippen LogP) is 9.71. The molecule has 0 aliphatic carbocycles. The lowest BCUT2D eigenvalue weighted by Gasteiger charge is -2.47. The third-order valence-electron chi connectivity index (χ3n) is 14.3. The first-order valence-corrected chi connectivity index (χ1v) is 33.0. The van der Waals surface area contributed by atoms with E-state index in [4.69, 9.17) is 42.2 Å². The SMILES string of the molecule is CCCCCC/C=C/CCCCCCCCCC(=O)N[C@H]1[C@H](OC[C@H]2O[C@H](OP(=O)(O)O)[C@H](NC(=O)CC(C)=O)[C@@H](OCCCCCCCCCC)[C@@H]2O)O[C@H](COC)[C@@H](OP(=O)(O)O)[C@@H]1OCC[C@@H](CCCCCCC)OC. The number of unbranched alkanes of at least 4 members (excludes halogenated alkanes) is 22. The number of carbonyl (C=O) groups is 3. The first-order valence-electron chi connectivity index (χ1n) is 29.9. The molecule has 0 unspecified atom stereocenters. The maximum atomic E-state index is 14.0. The topological polar surface area (TPSA) is 294 Å². The Hall–Kier alpha value is -1.75. The minimum Gasteiger partial charge on any atom is -0.388 e. The molecule has 0 spiro atoms. The summed E-state index contributed by atoms with van der Waals surface area (Å²) in [6.07, 6.45) is 19.9. The van der Waals surface area contributed by atoms with Crippen LogP contribution < -0.4 is 10.6 Å². The van der Waals surface area contributed by atoms with E-state index in [-0.39, 0.29) is 32.3 Å². The Bertz CT molecular complexity index is 1720. The van der Waals surface area contributed by atoms with E-state index >= 15 is 0 Å². The van der Waals surface area contributed by atoms with Crippen LogP contribution in [0.2, 0.25) is 0 Å². The second kappa shape index (κ2) is 43.8. The number of ether oxygens (including phenoxy) is 7. The molecule has 2 heterocycles. The third-order valence-corrected chi connectivity index (χ3v) is 15.3. The van der Waals surface area contributed by atoms with Gasteiger partial charge in [-0.25, -0.2) is 9.13 Å². The lowest BCUT2D eigenvalue weighted by atomic mass is 9.95. The van der Waals surface area contributed by atoms with Gasteiger partial charge in [0.05, 0.1) is 25.7 Å². The number of hydrogen-bond acceptors (Lipinski definition) is 15. The smallest absolute Gasteiger partial charge is 0.388 e. The number of nitrogens with one attached hydrogen (secondary N) is 2. The maximum absolute atomic E-state index is 14.0. The molecule has 464 valence electrons. The summed E-state index contributed by atoms with van der Waals surface area (Å²) in [4.78, 5) is 79.6. The normalized spacial score (nSPS) is 24.2. The van der Waals surface area contributed by atoms with Gasteiger partial charge in [-0.1, -0.05) is 161 Å². The van der Waals surface area contributed by atoms with Crippen LogP contribution in [0.1, 0.15) is 220 Å². The van der Waals surface area contributed by atoms with Crippen molar-refractivity contribution in [1.82, 2.24) is 10.6 Å². The van der Waals surface area contributed by atoms with E-state index in [2.05, 4.69) is 43.6 Å². The molecule has 11 atom stereocenters. The summed E-state index contributed by atoms with van der Waals surface area (Å²) in [5.41, 5.74) is 0. The number of phosphoric ester groups is 2. The molecule has 0 aromatic carbocycles. The number of hydrogen-bond donors (Lipinski definition) is 7. The van der Waals surface area contributed by atoms with E-state index in [1.807, 2.05) is 0 Å². The van der Waals surface area contributed by atoms with E-state index in [1.54, 1.807) is 7.11 Å². The van der Waals surface area contributed by atoms with Crippen molar-refractivity contribution >= 4 is 33.2 Å². The van der Waals surface area contributed by atoms with E-state index in [1.165, 1.54) is 39.7 Å². The second-order valence-electron chi connectivity index (χ2n) is 21.4. The molecule has 7 N–H and O–H groups in total. The molecule has 0 bridgehead atoms. The number of aliphatic hydroxyl groups is 1. The van der Waals surface area contributed by atoms with Crippen molar-refractivity contribution in [2.75, 3.05) is 40.6 Å². The summed E-state index contributed by atoms with van der Waals surface area (Å²) in [6.45, 7) is 6.89. The Labute approximate surface area is 473 Å². The Morgan fingerprint density at radius 2 is 1.04 bits per heavy atom. The molecular weight excluding hydrogens is 1070 g/mol. The minimum atomic E-state index is -5.36. The van der Waals surface area contributed by atoms with E-state index in [0.717, 1.165) is 135 Å². The van der Waals surface area contributed by atoms with Crippen molar-refractivity contribution in [3.05, 3.63) is 12.2 Å². The van der Waals surface area contributed by atoms with Gasteiger partial charge in [-0.15, -0.1) is 0 Å². The largest absolute Gasteiger partial charge is 0.472 e. The number of ketones is 1. The number of amides is 2. The summed E-state index contributed by atoms with van der Waals surface area (Å²) >= 11 is 0. The van der Waals surface area contributed by atoms with Crippen LogP contribution in [0.3, 0.4) is 0 Å². The Balaban J connectivity index is 2.43. The zero-order chi connectivity index (χ0) is 58.3. The molecule has 21 nitrogen and oxygen atoms in total. The molecule has 23 heteroatoms. The summed E-state index contributed by atoms with van der Waals surface area (Å²) in [7, 11) is -7.66. The zero-order valence-electron chi connectivity index (χ0n) is 48.9. The summed E-state index contributed by atoms with van der Waals surface area (Å²) in [5.74, 6) is -1.75. The fraction of sp³-hybridized carbons (Fsp3) is 0.911. The molecular formula is C56H106N2O19P2. The molecule has 2 amide bonds. The van der Waals surface area contributed by atoms with Crippen molar-refractivity contribution in [3.63, 3.8) is 0 Å². The first kappa shape index (κ1) is 73.4. The van der Waals surface area contributed by atoms with Crippen LogP contribution in [0, 0.1) is 0 Å². The van der Waals surface area contributed by atoms with Gasteiger partial charge in [0.1, 0.15) is 54.5 Å². The van der Waals surface area contributed by atoms with Crippen LogP contribution in [-0.4, -0.2) is 150 Å². The van der Waals surface area contributed by atoms with Crippen molar-refractivity contribution in [2.45, 2.75) is 288 Å². The van der Waals surface area contributed by atoms with Crippen LogP contribution in [0.4, 0.5) is 0 Å². The minimum absolute atomic E-state index is 0.00768. The molecule has 0 saturated carbocycles. The van der Waals surface area contributed by atoms with Gasteiger partial charge < -0.3 is 68.5 Å².